The number of fused-ring (bicyclic) bond motifs is 1. The van der Waals surface area contributed by atoms with E-state index in [1.807, 2.05) is 0 Å². The summed E-state index contributed by atoms with van der Waals surface area (Å²) in [6.07, 6.45) is -3.18. The van der Waals surface area contributed by atoms with Gasteiger partial charge in [0, 0.05) is 5.56 Å². The SMILES string of the molecule is COc1ccc(-c2nc3c(N)ncnc3n2[C@@H]2O[C@H](CO)[C@@H](O)[C@H]2O)cc1. The smallest absolute Gasteiger partial charge is 0.168 e. The summed E-state index contributed by atoms with van der Waals surface area (Å²) in [4.78, 5) is 12.7. The predicted molar refractivity (Wildman–Crippen MR) is 94.7 cm³/mol. The highest BCUT2D eigenvalue weighted by Crippen LogP contribution is 2.36. The summed E-state index contributed by atoms with van der Waals surface area (Å²) in [7, 11) is 1.57. The van der Waals surface area contributed by atoms with Crippen LogP contribution in [0.25, 0.3) is 22.6 Å². The van der Waals surface area contributed by atoms with Gasteiger partial charge in [-0.1, -0.05) is 0 Å². The first-order valence-electron chi connectivity index (χ1n) is 8.30. The Morgan fingerprint density at radius 2 is 1.93 bits per heavy atom. The number of rotatable bonds is 4. The maximum Gasteiger partial charge on any atom is 0.168 e. The standard InChI is InChI=1S/C17H19N5O5/c1-26-9-4-2-8(3-5-9)15-21-11-14(18)19-7-20-16(11)22(15)17-13(25)12(24)10(6-23)27-17/h2-5,7,10,12-13,17,23-25H,6H2,1H3,(H2,18,19,20)/t10-,12-,13-,17-/m1/s1. The molecule has 0 unspecified atom stereocenters. The molecule has 0 bridgehead atoms. The molecule has 4 rings (SSSR count). The van der Waals surface area contributed by atoms with Gasteiger partial charge in [0.2, 0.25) is 0 Å². The molecule has 3 heterocycles. The van der Waals surface area contributed by atoms with Crippen LogP contribution in [0.1, 0.15) is 6.23 Å². The third kappa shape index (κ3) is 2.79. The summed E-state index contributed by atoms with van der Waals surface area (Å²) in [5, 5.41) is 30.0. The Morgan fingerprint density at radius 3 is 2.56 bits per heavy atom. The number of hydrogen-bond acceptors (Lipinski definition) is 9. The molecule has 27 heavy (non-hydrogen) atoms. The maximum atomic E-state index is 10.5. The number of aliphatic hydroxyl groups is 3. The lowest BCUT2D eigenvalue weighted by Gasteiger charge is -2.19. The molecule has 1 aliphatic heterocycles. The fraction of sp³-hybridized carbons (Fsp3) is 0.353. The van der Waals surface area contributed by atoms with Gasteiger partial charge in [-0.05, 0) is 24.3 Å². The van der Waals surface area contributed by atoms with Gasteiger partial charge in [-0.3, -0.25) is 4.57 Å². The first kappa shape index (κ1) is 17.6. The molecular weight excluding hydrogens is 354 g/mol. The van der Waals surface area contributed by atoms with E-state index in [4.69, 9.17) is 15.2 Å². The fourth-order valence-electron chi connectivity index (χ4n) is 3.20. The monoisotopic (exact) mass is 373 g/mol. The van der Waals surface area contributed by atoms with Crippen LogP contribution in [-0.4, -0.2) is 66.9 Å². The van der Waals surface area contributed by atoms with Crippen LogP contribution in [0.15, 0.2) is 30.6 Å². The summed E-state index contributed by atoms with van der Waals surface area (Å²) < 4.78 is 12.4. The van der Waals surface area contributed by atoms with Crippen LogP contribution >= 0.6 is 0 Å². The van der Waals surface area contributed by atoms with E-state index in [0.29, 0.717) is 28.3 Å². The molecule has 10 nitrogen and oxygen atoms in total. The van der Waals surface area contributed by atoms with Crippen molar-refractivity contribution in [3.8, 4) is 17.1 Å². The van der Waals surface area contributed by atoms with Crippen LogP contribution in [0.5, 0.6) is 5.75 Å². The lowest BCUT2D eigenvalue weighted by Crippen LogP contribution is -2.33. The molecule has 1 fully saturated rings. The van der Waals surface area contributed by atoms with Crippen molar-refractivity contribution in [3.63, 3.8) is 0 Å². The number of aliphatic hydroxyl groups excluding tert-OH is 3. The van der Waals surface area contributed by atoms with E-state index < -0.39 is 31.1 Å². The normalized spacial score (nSPS) is 25.2. The number of imidazole rings is 1. The van der Waals surface area contributed by atoms with Crippen molar-refractivity contribution < 1.29 is 24.8 Å². The summed E-state index contributed by atoms with van der Waals surface area (Å²) in [6.45, 7) is -0.434. The van der Waals surface area contributed by atoms with Crippen molar-refractivity contribution in [2.45, 2.75) is 24.5 Å². The lowest BCUT2D eigenvalue weighted by atomic mass is 10.1. The molecule has 1 saturated heterocycles. The fourth-order valence-corrected chi connectivity index (χ4v) is 3.20. The van der Waals surface area contributed by atoms with Crippen LogP contribution in [-0.2, 0) is 4.74 Å². The zero-order valence-corrected chi connectivity index (χ0v) is 14.4. The van der Waals surface area contributed by atoms with Crippen molar-refractivity contribution >= 4 is 17.0 Å². The molecule has 0 spiro atoms. The third-order valence-electron chi connectivity index (χ3n) is 4.63. The average molecular weight is 373 g/mol. The average Bonchev–Trinajstić information content (AvgIpc) is 3.21. The molecule has 3 aromatic rings. The summed E-state index contributed by atoms with van der Waals surface area (Å²) in [5.74, 6) is 1.28. The van der Waals surface area contributed by atoms with E-state index in [1.54, 1.807) is 35.9 Å². The summed E-state index contributed by atoms with van der Waals surface area (Å²) >= 11 is 0. The minimum absolute atomic E-state index is 0.181. The first-order chi connectivity index (χ1) is 13.0. The van der Waals surface area contributed by atoms with Crippen molar-refractivity contribution in [1.82, 2.24) is 19.5 Å². The molecule has 0 saturated carbocycles. The Kier molecular flexibility index (Phi) is 4.40. The number of nitrogens with zero attached hydrogens (tertiary/aromatic N) is 4. The molecule has 5 N–H and O–H groups in total. The number of nitrogen functional groups attached to an aromatic ring is 1. The van der Waals surface area contributed by atoms with Gasteiger partial charge in [0.15, 0.2) is 23.2 Å². The second-order valence-electron chi connectivity index (χ2n) is 6.19. The molecular formula is C17H19N5O5. The van der Waals surface area contributed by atoms with E-state index in [2.05, 4.69) is 15.0 Å². The molecule has 0 aliphatic carbocycles. The topological polar surface area (TPSA) is 149 Å². The van der Waals surface area contributed by atoms with E-state index in [0.717, 1.165) is 0 Å². The van der Waals surface area contributed by atoms with Crippen LogP contribution in [0.2, 0.25) is 0 Å². The third-order valence-corrected chi connectivity index (χ3v) is 4.63. The minimum Gasteiger partial charge on any atom is -0.497 e. The number of nitrogens with two attached hydrogens (primary N) is 1. The van der Waals surface area contributed by atoms with Crippen LogP contribution in [0, 0.1) is 0 Å². The molecule has 1 aromatic carbocycles. The quantitative estimate of drug-likeness (QED) is 0.483. The van der Waals surface area contributed by atoms with Gasteiger partial charge in [0.05, 0.1) is 13.7 Å². The number of benzene rings is 1. The highest BCUT2D eigenvalue weighted by molar-refractivity contribution is 5.85. The summed E-state index contributed by atoms with van der Waals surface area (Å²) in [5.41, 5.74) is 7.33. The van der Waals surface area contributed by atoms with Gasteiger partial charge in [-0.25, -0.2) is 15.0 Å². The lowest BCUT2D eigenvalue weighted by molar-refractivity contribution is -0.0503. The van der Waals surface area contributed by atoms with Crippen LogP contribution < -0.4 is 10.5 Å². The maximum absolute atomic E-state index is 10.5. The van der Waals surface area contributed by atoms with Crippen LogP contribution in [0.4, 0.5) is 5.82 Å². The minimum atomic E-state index is -1.28. The first-order valence-corrected chi connectivity index (χ1v) is 8.30. The Hall–Kier alpha value is -2.79. The van der Waals surface area contributed by atoms with Crippen molar-refractivity contribution in [2.24, 2.45) is 0 Å². The van der Waals surface area contributed by atoms with Gasteiger partial charge in [0.1, 0.15) is 36.2 Å². The van der Waals surface area contributed by atoms with Gasteiger partial charge in [-0.15, -0.1) is 0 Å². The molecule has 2 aromatic heterocycles. The molecule has 142 valence electrons. The van der Waals surface area contributed by atoms with Gasteiger partial charge < -0.3 is 30.5 Å². The highest BCUT2D eigenvalue weighted by atomic mass is 16.6. The number of methoxy groups -OCH3 is 1. The number of ether oxygens (including phenoxy) is 2. The Morgan fingerprint density at radius 1 is 1.19 bits per heavy atom. The van der Waals surface area contributed by atoms with E-state index in [-0.39, 0.29) is 5.82 Å². The van der Waals surface area contributed by atoms with E-state index >= 15 is 0 Å². The zero-order valence-electron chi connectivity index (χ0n) is 14.4. The summed E-state index contributed by atoms with van der Waals surface area (Å²) in [6, 6.07) is 7.12. The molecule has 4 atom stereocenters. The molecule has 1 aliphatic rings. The molecule has 0 amide bonds. The number of anilines is 1. The van der Waals surface area contributed by atoms with Crippen LogP contribution in [0.3, 0.4) is 0 Å². The number of hydrogen-bond donors (Lipinski definition) is 4. The van der Waals surface area contributed by atoms with Crippen molar-refractivity contribution in [2.75, 3.05) is 19.5 Å². The Balaban J connectivity index is 1.91. The van der Waals surface area contributed by atoms with E-state index in [9.17, 15) is 15.3 Å². The zero-order chi connectivity index (χ0) is 19.1. The highest BCUT2D eigenvalue weighted by Gasteiger charge is 2.45. The second kappa shape index (κ2) is 6.74. The van der Waals surface area contributed by atoms with E-state index in [1.165, 1.54) is 6.33 Å². The Bertz CT molecular complexity index is 960. The molecule has 0 radical (unpaired) electrons. The van der Waals surface area contributed by atoms with Gasteiger partial charge >= 0.3 is 0 Å². The predicted octanol–water partition coefficient (Wildman–Crippen LogP) is -0.304. The molecule has 10 heteroatoms. The Labute approximate surface area is 153 Å². The van der Waals surface area contributed by atoms with Crippen molar-refractivity contribution in [3.05, 3.63) is 30.6 Å². The van der Waals surface area contributed by atoms with Gasteiger partial charge in [-0.2, -0.15) is 0 Å². The van der Waals surface area contributed by atoms with Gasteiger partial charge in [0.25, 0.3) is 0 Å². The number of aromatic nitrogens is 4. The largest absolute Gasteiger partial charge is 0.497 e. The second-order valence-corrected chi connectivity index (χ2v) is 6.19. The van der Waals surface area contributed by atoms with Crippen molar-refractivity contribution in [1.29, 1.82) is 0 Å².